The smallest absolute Gasteiger partial charge is 0.226 e. The summed E-state index contributed by atoms with van der Waals surface area (Å²) in [5, 5.41) is 3.05. The topological polar surface area (TPSA) is 58.6 Å². The van der Waals surface area contributed by atoms with E-state index in [4.69, 9.17) is 4.74 Å². The van der Waals surface area contributed by atoms with Crippen molar-refractivity contribution < 1.29 is 14.3 Å². The highest BCUT2D eigenvalue weighted by atomic mass is 16.5. The molecule has 138 valence electrons. The lowest BCUT2D eigenvalue weighted by Gasteiger charge is -2.29. The molecule has 1 fully saturated rings. The van der Waals surface area contributed by atoms with Crippen molar-refractivity contribution >= 4 is 11.8 Å². The zero-order chi connectivity index (χ0) is 18.4. The maximum Gasteiger partial charge on any atom is 0.226 e. The van der Waals surface area contributed by atoms with Crippen molar-refractivity contribution in [1.29, 1.82) is 0 Å². The number of methoxy groups -OCH3 is 1. The van der Waals surface area contributed by atoms with Gasteiger partial charge in [-0.25, -0.2) is 0 Å². The third-order valence-corrected chi connectivity index (χ3v) is 4.98. The van der Waals surface area contributed by atoms with Crippen LogP contribution in [0.4, 0.5) is 0 Å². The summed E-state index contributed by atoms with van der Waals surface area (Å²) in [6.45, 7) is 6.83. The molecule has 5 heteroatoms. The van der Waals surface area contributed by atoms with Gasteiger partial charge in [-0.1, -0.05) is 32.4 Å². The van der Waals surface area contributed by atoms with Crippen molar-refractivity contribution in [3.8, 4) is 5.75 Å². The molecule has 0 aromatic heterocycles. The molecule has 1 N–H and O–H groups in total. The summed E-state index contributed by atoms with van der Waals surface area (Å²) in [6, 6.07) is 7.62. The van der Waals surface area contributed by atoms with Crippen LogP contribution in [0, 0.1) is 5.92 Å². The normalized spacial score (nSPS) is 21.3. The highest BCUT2D eigenvalue weighted by Gasteiger charge is 2.44. The molecule has 1 aromatic carbocycles. The molecule has 0 spiro atoms. The van der Waals surface area contributed by atoms with Crippen molar-refractivity contribution in [2.24, 2.45) is 5.92 Å². The maximum atomic E-state index is 12.8. The van der Waals surface area contributed by atoms with Crippen LogP contribution in [-0.2, 0) is 9.59 Å². The Morgan fingerprint density at radius 2 is 2.00 bits per heavy atom. The van der Waals surface area contributed by atoms with Gasteiger partial charge in [0.05, 0.1) is 19.1 Å². The molecule has 0 saturated carbocycles. The second-order valence-electron chi connectivity index (χ2n) is 6.79. The molecule has 0 radical (unpaired) electrons. The third-order valence-electron chi connectivity index (χ3n) is 4.98. The lowest BCUT2D eigenvalue weighted by atomic mass is 9.92. The summed E-state index contributed by atoms with van der Waals surface area (Å²) in [4.78, 5) is 27.2. The number of rotatable bonds is 8. The van der Waals surface area contributed by atoms with Gasteiger partial charge in [-0.15, -0.1) is 0 Å². The van der Waals surface area contributed by atoms with Gasteiger partial charge in [0, 0.05) is 19.0 Å². The second kappa shape index (κ2) is 8.88. The first kappa shape index (κ1) is 19.3. The van der Waals surface area contributed by atoms with E-state index in [-0.39, 0.29) is 36.2 Å². The van der Waals surface area contributed by atoms with Crippen LogP contribution in [-0.4, -0.2) is 36.4 Å². The van der Waals surface area contributed by atoms with Crippen LogP contribution in [0.1, 0.15) is 58.1 Å². The zero-order valence-electron chi connectivity index (χ0n) is 15.7. The number of hydrogen-bond donors (Lipinski definition) is 1. The first-order valence-electron chi connectivity index (χ1n) is 9.25. The summed E-state index contributed by atoms with van der Waals surface area (Å²) in [7, 11) is 1.63. The largest absolute Gasteiger partial charge is 0.497 e. The number of hydrogen-bond acceptors (Lipinski definition) is 3. The second-order valence-corrected chi connectivity index (χ2v) is 6.79. The molecule has 1 aliphatic rings. The van der Waals surface area contributed by atoms with E-state index < -0.39 is 0 Å². The van der Waals surface area contributed by atoms with E-state index in [0.717, 1.165) is 30.6 Å². The van der Waals surface area contributed by atoms with Crippen molar-refractivity contribution in [3.63, 3.8) is 0 Å². The average Bonchev–Trinajstić information content (AvgIpc) is 2.96. The number of likely N-dealkylation sites (tertiary alicyclic amines) is 1. The Morgan fingerprint density at radius 1 is 1.32 bits per heavy atom. The molecule has 25 heavy (non-hydrogen) atoms. The molecule has 3 atom stereocenters. The van der Waals surface area contributed by atoms with Crippen LogP contribution in [0.3, 0.4) is 0 Å². The van der Waals surface area contributed by atoms with E-state index in [9.17, 15) is 9.59 Å². The number of unbranched alkanes of at least 4 members (excludes halogenated alkanes) is 1. The van der Waals surface area contributed by atoms with Crippen molar-refractivity contribution in [3.05, 3.63) is 29.8 Å². The van der Waals surface area contributed by atoms with Crippen LogP contribution in [0.5, 0.6) is 5.75 Å². The van der Waals surface area contributed by atoms with Crippen molar-refractivity contribution in [1.82, 2.24) is 10.2 Å². The quantitative estimate of drug-likeness (QED) is 0.786. The van der Waals surface area contributed by atoms with Gasteiger partial charge in [-0.2, -0.15) is 0 Å². The fourth-order valence-corrected chi connectivity index (χ4v) is 3.28. The van der Waals surface area contributed by atoms with Gasteiger partial charge in [-0.05, 0) is 37.5 Å². The number of ether oxygens (including phenoxy) is 1. The van der Waals surface area contributed by atoms with Gasteiger partial charge in [0.2, 0.25) is 11.8 Å². The Bertz CT molecular complexity index is 585. The van der Waals surface area contributed by atoms with Gasteiger partial charge >= 0.3 is 0 Å². The summed E-state index contributed by atoms with van der Waals surface area (Å²) in [5.74, 6) is 0.474. The minimum atomic E-state index is -0.341. The highest BCUT2D eigenvalue weighted by molar-refractivity contribution is 5.90. The van der Waals surface area contributed by atoms with Crippen LogP contribution in [0.25, 0.3) is 0 Å². The number of nitrogens with zero attached hydrogens (tertiary/aromatic N) is 1. The lowest BCUT2D eigenvalue weighted by molar-refractivity contribution is -0.129. The van der Waals surface area contributed by atoms with Gasteiger partial charge < -0.3 is 15.0 Å². The number of amides is 2. The minimum Gasteiger partial charge on any atom is -0.497 e. The number of carbonyl (C=O) groups excluding carboxylic acids is 2. The van der Waals surface area contributed by atoms with E-state index in [1.54, 1.807) is 7.11 Å². The highest BCUT2D eigenvalue weighted by Crippen LogP contribution is 2.39. The van der Waals surface area contributed by atoms with Gasteiger partial charge in [0.1, 0.15) is 5.75 Å². The van der Waals surface area contributed by atoms with E-state index in [1.807, 2.05) is 43.0 Å². The third kappa shape index (κ3) is 4.53. The van der Waals surface area contributed by atoms with Gasteiger partial charge in [0.15, 0.2) is 0 Å². The standard InChI is InChI=1S/C20H30N2O3/c1-5-7-12-22-18(23)13-17(20(24)21-14(3)6-2)19(22)15-8-10-16(25-4)11-9-15/h8-11,14,17,19H,5-7,12-13H2,1-4H3,(H,21,24)/t14-,17-,19-/m0/s1. The molecule has 5 nitrogen and oxygen atoms in total. The Balaban J connectivity index is 2.29. The van der Waals surface area contributed by atoms with Crippen molar-refractivity contribution in [2.45, 2.75) is 58.5 Å². The molecule has 1 saturated heterocycles. The summed E-state index contributed by atoms with van der Waals surface area (Å²) in [6.07, 6.45) is 3.11. The van der Waals surface area contributed by atoms with Crippen LogP contribution in [0.2, 0.25) is 0 Å². The molecule has 2 rings (SSSR count). The summed E-state index contributed by atoms with van der Waals surface area (Å²) >= 11 is 0. The van der Waals surface area contributed by atoms with Crippen molar-refractivity contribution in [2.75, 3.05) is 13.7 Å². The molecule has 1 aliphatic heterocycles. The van der Waals surface area contributed by atoms with Gasteiger partial charge in [-0.3, -0.25) is 9.59 Å². The molecule has 0 unspecified atom stereocenters. The first-order valence-corrected chi connectivity index (χ1v) is 9.25. The van der Waals surface area contributed by atoms with Crippen LogP contribution >= 0.6 is 0 Å². The molecule has 1 heterocycles. The fraction of sp³-hybridized carbons (Fsp3) is 0.600. The Morgan fingerprint density at radius 3 is 2.56 bits per heavy atom. The Kier molecular flexibility index (Phi) is 6.85. The van der Waals surface area contributed by atoms with E-state index in [0.29, 0.717) is 6.54 Å². The monoisotopic (exact) mass is 346 g/mol. The first-order chi connectivity index (χ1) is 12.0. The lowest BCUT2D eigenvalue weighted by Crippen LogP contribution is -2.39. The number of carbonyl (C=O) groups is 2. The zero-order valence-corrected chi connectivity index (χ0v) is 15.7. The maximum absolute atomic E-state index is 12.8. The predicted molar refractivity (Wildman–Crippen MR) is 98.4 cm³/mol. The minimum absolute atomic E-state index is 0.0254. The molecule has 0 bridgehead atoms. The van der Waals surface area contributed by atoms with E-state index in [1.165, 1.54) is 0 Å². The van der Waals surface area contributed by atoms with Crippen LogP contribution < -0.4 is 10.1 Å². The summed E-state index contributed by atoms with van der Waals surface area (Å²) in [5.41, 5.74) is 0.993. The molecule has 0 aliphatic carbocycles. The van der Waals surface area contributed by atoms with Gasteiger partial charge in [0.25, 0.3) is 0 Å². The molecular weight excluding hydrogens is 316 g/mol. The SMILES string of the molecule is CCCCN1C(=O)C[C@H](C(=O)N[C@@H](C)CC)[C@@H]1c1ccc(OC)cc1. The van der Waals surface area contributed by atoms with E-state index >= 15 is 0 Å². The van der Waals surface area contributed by atoms with E-state index in [2.05, 4.69) is 12.2 Å². The number of benzene rings is 1. The number of nitrogens with one attached hydrogen (secondary N) is 1. The molecular formula is C20H30N2O3. The Labute approximate surface area is 150 Å². The predicted octanol–water partition coefficient (Wildman–Crippen LogP) is 3.30. The van der Waals surface area contributed by atoms with Crippen LogP contribution in [0.15, 0.2) is 24.3 Å². The average molecular weight is 346 g/mol. The Hall–Kier alpha value is -2.04. The summed E-state index contributed by atoms with van der Waals surface area (Å²) < 4.78 is 5.23. The fourth-order valence-electron chi connectivity index (χ4n) is 3.28. The molecule has 1 aromatic rings. The molecule has 2 amide bonds.